The van der Waals surface area contributed by atoms with Crippen molar-refractivity contribution in [3.63, 3.8) is 0 Å². The SMILES string of the molecule is C=Cc1cccc(C(C(=O)NC(C)C)N(C(=O)C(CS)NC(=O)OC(C)(C)C)C2CC2C)c1. The number of benzene rings is 1. The van der Waals surface area contributed by atoms with Crippen LogP contribution < -0.4 is 10.6 Å². The van der Waals surface area contributed by atoms with Gasteiger partial charge in [-0.3, -0.25) is 9.59 Å². The van der Waals surface area contributed by atoms with Gasteiger partial charge in [-0.15, -0.1) is 0 Å². The molecule has 4 atom stereocenters. The number of hydrogen-bond acceptors (Lipinski definition) is 5. The van der Waals surface area contributed by atoms with Crippen LogP contribution in [0.25, 0.3) is 6.08 Å². The van der Waals surface area contributed by atoms with E-state index in [9.17, 15) is 14.4 Å². The second-order valence-corrected chi connectivity index (χ2v) is 10.2. The second kappa shape index (κ2) is 11.1. The molecule has 1 aliphatic rings. The van der Waals surface area contributed by atoms with Crippen LogP contribution in [0.1, 0.15) is 65.1 Å². The van der Waals surface area contributed by atoms with Crippen molar-refractivity contribution in [2.24, 2.45) is 5.92 Å². The van der Waals surface area contributed by atoms with Gasteiger partial charge in [-0.25, -0.2) is 4.79 Å². The van der Waals surface area contributed by atoms with Crippen LogP contribution in [0, 0.1) is 5.92 Å². The van der Waals surface area contributed by atoms with Crippen molar-refractivity contribution in [2.45, 2.75) is 77.7 Å². The summed E-state index contributed by atoms with van der Waals surface area (Å²) in [6, 6.07) is 5.43. The Morgan fingerprint density at radius 1 is 1.27 bits per heavy atom. The number of rotatable bonds is 9. The third kappa shape index (κ3) is 7.52. The number of hydrogen-bond donors (Lipinski definition) is 3. The second-order valence-electron chi connectivity index (χ2n) is 9.85. The average Bonchev–Trinajstić information content (AvgIpc) is 3.43. The van der Waals surface area contributed by atoms with Crippen molar-refractivity contribution < 1.29 is 19.1 Å². The highest BCUT2D eigenvalue weighted by Gasteiger charge is 2.48. The molecule has 8 heteroatoms. The number of carbonyl (C=O) groups is 3. The van der Waals surface area contributed by atoms with E-state index in [1.807, 2.05) is 45.0 Å². The number of carbonyl (C=O) groups excluding carboxylic acids is 3. The fraction of sp³-hybridized carbons (Fsp3) is 0.560. The Hall–Kier alpha value is -2.48. The molecule has 1 aromatic rings. The van der Waals surface area contributed by atoms with Gasteiger partial charge in [0.1, 0.15) is 17.7 Å². The van der Waals surface area contributed by atoms with Gasteiger partial charge in [0.2, 0.25) is 11.8 Å². The van der Waals surface area contributed by atoms with Gasteiger partial charge in [0.25, 0.3) is 0 Å². The molecule has 1 fully saturated rings. The topological polar surface area (TPSA) is 87.7 Å². The Bertz CT molecular complexity index is 881. The number of alkyl carbamates (subject to hydrolysis) is 1. The Labute approximate surface area is 202 Å². The van der Waals surface area contributed by atoms with E-state index in [2.05, 4.69) is 29.8 Å². The zero-order valence-electron chi connectivity index (χ0n) is 20.4. The summed E-state index contributed by atoms with van der Waals surface area (Å²) in [5.41, 5.74) is 0.834. The summed E-state index contributed by atoms with van der Waals surface area (Å²) in [4.78, 5) is 41.2. The van der Waals surface area contributed by atoms with Crippen molar-refractivity contribution in [1.29, 1.82) is 0 Å². The average molecular weight is 476 g/mol. The fourth-order valence-corrected chi connectivity index (χ4v) is 3.89. The largest absolute Gasteiger partial charge is 0.444 e. The first-order valence-electron chi connectivity index (χ1n) is 11.3. The Balaban J connectivity index is 2.45. The molecule has 1 saturated carbocycles. The van der Waals surface area contributed by atoms with Crippen molar-refractivity contribution in [3.05, 3.63) is 42.0 Å². The lowest BCUT2D eigenvalue weighted by atomic mass is 10.00. The summed E-state index contributed by atoms with van der Waals surface area (Å²) in [5, 5.41) is 5.58. The molecule has 0 aliphatic heterocycles. The molecule has 182 valence electrons. The normalized spacial score (nSPS) is 19.3. The molecular formula is C25H37N3O4S. The first-order chi connectivity index (χ1) is 15.4. The van der Waals surface area contributed by atoms with E-state index in [4.69, 9.17) is 4.74 Å². The van der Waals surface area contributed by atoms with E-state index in [1.54, 1.807) is 31.7 Å². The zero-order chi connectivity index (χ0) is 24.9. The maximum atomic E-state index is 13.8. The number of ether oxygens (including phenoxy) is 1. The molecular weight excluding hydrogens is 438 g/mol. The number of nitrogens with zero attached hydrogens (tertiary/aromatic N) is 1. The molecule has 0 aromatic heterocycles. The third-order valence-corrected chi connectivity index (χ3v) is 5.64. The molecule has 7 nitrogen and oxygen atoms in total. The van der Waals surface area contributed by atoms with Gasteiger partial charge >= 0.3 is 6.09 Å². The summed E-state index contributed by atoms with van der Waals surface area (Å²) in [6.07, 6.45) is 1.79. The Morgan fingerprint density at radius 2 is 1.91 bits per heavy atom. The van der Waals surface area contributed by atoms with E-state index >= 15 is 0 Å². The molecule has 0 saturated heterocycles. The monoisotopic (exact) mass is 475 g/mol. The van der Waals surface area contributed by atoms with Crippen molar-refractivity contribution in [3.8, 4) is 0 Å². The predicted octanol–water partition coefficient (Wildman–Crippen LogP) is 3.96. The first kappa shape index (κ1) is 26.8. The summed E-state index contributed by atoms with van der Waals surface area (Å²) in [6.45, 7) is 14.9. The van der Waals surface area contributed by atoms with E-state index < -0.39 is 23.8 Å². The molecule has 1 aliphatic carbocycles. The molecule has 2 rings (SSSR count). The summed E-state index contributed by atoms with van der Waals surface area (Å²) >= 11 is 4.31. The smallest absolute Gasteiger partial charge is 0.408 e. The highest BCUT2D eigenvalue weighted by atomic mass is 32.1. The number of thiol groups is 1. The number of nitrogens with one attached hydrogen (secondary N) is 2. The highest BCUT2D eigenvalue weighted by Crippen LogP contribution is 2.41. The van der Waals surface area contributed by atoms with E-state index in [-0.39, 0.29) is 35.6 Å². The minimum absolute atomic E-state index is 0.0703. The molecule has 0 bridgehead atoms. The van der Waals surface area contributed by atoms with Crippen LogP contribution in [0.2, 0.25) is 0 Å². The van der Waals surface area contributed by atoms with Gasteiger partial charge in [-0.05, 0) is 64.2 Å². The number of amides is 3. The molecule has 2 N–H and O–H groups in total. The van der Waals surface area contributed by atoms with Crippen molar-refractivity contribution in [1.82, 2.24) is 15.5 Å². The quantitative estimate of drug-likeness (QED) is 0.472. The summed E-state index contributed by atoms with van der Waals surface area (Å²) in [7, 11) is 0. The minimum Gasteiger partial charge on any atom is -0.444 e. The highest BCUT2D eigenvalue weighted by molar-refractivity contribution is 7.80. The molecule has 3 amide bonds. The Morgan fingerprint density at radius 3 is 2.39 bits per heavy atom. The molecule has 0 heterocycles. The van der Waals surface area contributed by atoms with Gasteiger partial charge in [-0.1, -0.05) is 37.8 Å². The van der Waals surface area contributed by atoms with Gasteiger partial charge in [0.05, 0.1) is 0 Å². The zero-order valence-corrected chi connectivity index (χ0v) is 21.3. The van der Waals surface area contributed by atoms with E-state index in [0.717, 1.165) is 12.0 Å². The van der Waals surface area contributed by atoms with Gasteiger partial charge in [-0.2, -0.15) is 12.6 Å². The first-order valence-corrected chi connectivity index (χ1v) is 12.0. The van der Waals surface area contributed by atoms with Crippen molar-refractivity contribution in [2.75, 3.05) is 5.75 Å². The molecule has 0 radical (unpaired) electrons. The summed E-state index contributed by atoms with van der Waals surface area (Å²) in [5.74, 6) is -0.319. The lowest BCUT2D eigenvalue weighted by molar-refractivity contribution is -0.143. The van der Waals surface area contributed by atoms with Crippen LogP contribution in [0.15, 0.2) is 30.8 Å². The van der Waals surface area contributed by atoms with Gasteiger partial charge < -0.3 is 20.3 Å². The summed E-state index contributed by atoms with van der Waals surface area (Å²) < 4.78 is 5.33. The standard InChI is InChI=1S/C25H37N3O4S/c1-8-17-10-9-11-18(13-17)21(22(29)26-15(2)3)28(20-12-16(20)4)23(30)19(14-33)27-24(31)32-25(5,6)7/h8-11,13,15-16,19-21,33H,1,12,14H2,2-7H3,(H,26,29)(H,27,31). The Kier molecular flexibility index (Phi) is 9.00. The van der Waals surface area contributed by atoms with Crippen molar-refractivity contribution >= 4 is 36.6 Å². The van der Waals surface area contributed by atoms with E-state index in [1.165, 1.54) is 0 Å². The molecule has 1 aromatic carbocycles. The lowest BCUT2D eigenvalue weighted by Crippen LogP contribution is -2.55. The van der Waals surface area contributed by atoms with E-state index in [0.29, 0.717) is 5.56 Å². The van der Waals surface area contributed by atoms with Gasteiger partial charge in [0, 0.05) is 17.8 Å². The minimum atomic E-state index is -0.937. The predicted molar refractivity (Wildman–Crippen MR) is 134 cm³/mol. The van der Waals surface area contributed by atoms with Crippen LogP contribution in [-0.4, -0.2) is 52.3 Å². The lowest BCUT2D eigenvalue weighted by Gasteiger charge is -2.35. The van der Waals surface area contributed by atoms with Crippen LogP contribution in [-0.2, 0) is 14.3 Å². The maximum absolute atomic E-state index is 13.8. The fourth-order valence-electron chi connectivity index (χ4n) is 3.65. The molecule has 0 spiro atoms. The van der Waals surface area contributed by atoms with Gasteiger partial charge in [0.15, 0.2) is 0 Å². The maximum Gasteiger partial charge on any atom is 0.408 e. The molecule has 4 unspecified atom stereocenters. The van der Waals surface area contributed by atoms with Crippen LogP contribution in [0.5, 0.6) is 0 Å². The van der Waals surface area contributed by atoms with Crippen LogP contribution in [0.3, 0.4) is 0 Å². The molecule has 33 heavy (non-hydrogen) atoms. The third-order valence-electron chi connectivity index (χ3n) is 5.27. The van der Waals surface area contributed by atoms with Crippen LogP contribution >= 0.6 is 12.6 Å². The van der Waals surface area contributed by atoms with Crippen LogP contribution in [0.4, 0.5) is 4.79 Å².